The summed E-state index contributed by atoms with van der Waals surface area (Å²) in [4.78, 5) is 10.6. The second kappa shape index (κ2) is 6.13. The Labute approximate surface area is 84.1 Å². The van der Waals surface area contributed by atoms with E-state index in [2.05, 4.69) is 5.32 Å². The number of benzene rings is 1. The van der Waals surface area contributed by atoms with Crippen molar-refractivity contribution in [2.45, 2.75) is 27.7 Å². The fourth-order valence-electron chi connectivity index (χ4n) is 0.934. The van der Waals surface area contributed by atoms with Crippen LogP contribution in [0.25, 0.3) is 0 Å². The van der Waals surface area contributed by atoms with Crippen LogP contribution in [0.1, 0.15) is 26.3 Å². The lowest BCUT2D eigenvalue weighted by Gasteiger charge is -2.04. The van der Waals surface area contributed by atoms with E-state index in [0.717, 1.165) is 0 Å². The van der Waals surface area contributed by atoms with E-state index in [0.29, 0.717) is 5.56 Å². The van der Waals surface area contributed by atoms with Crippen LogP contribution in [0.3, 0.4) is 0 Å². The monoisotopic (exact) mass is 197 g/mol. The van der Waals surface area contributed by atoms with E-state index >= 15 is 0 Å². The minimum Gasteiger partial charge on any atom is -0.324 e. The van der Waals surface area contributed by atoms with Gasteiger partial charge in [-0.2, -0.15) is 0 Å². The van der Waals surface area contributed by atoms with Crippen molar-refractivity contribution >= 4 is 11.6 Å². The van der Waals surface area contributed by atoms with Gasteiger partial charge in [0.1, 0.15) is 5.82 Å². The fraction of sp³-hybridized carbons (Fsp3) is 0.364. The zero-order chi connectivity index (χ0) is 11.1. The Morgan fingerprint density at radius 1 is 1.36 bits per heavy atom. The molecule has 0 aliphatic rings. The molecule has 0 fully saturated rings. The van der Waals surface area contributed by atoms with Crippen LogP contribution in [-0.2, 0) is 4.79 Å². The van der Waals surface area contributed by atoms with Crippen molar-refractivity contribution in [1.29, 1.82) is 0 Å². The van der Waals surface area contributed by atoms with Crippen molar-refractivity contribution in [3.63, 3.8) is 0 Å². The summed E-state index contributed by atoms with van der Waals surface area (Å²) in [6.07, 6.45) is 0. The highest BCUT2D eigenvalue weighted by atomic mass is 19.1. The van der Waals surface area contributed by atoms with Crippen molar-refractivity contribution < 1.29 is 9.18 Å². The van der Waals surface area contributed by atoms with Crippen molar-refractivity contribution in [3.8, 4) is 0 Å². The van der Waals surface area contributed by atoms with Gasteiger partial charge in [-0.05, 0) is 18.6 Å². The van der Waals surface area contributed by atoms with E-state index in [1.807, 2.05) is 13.8 Å². The van der Waals surface area contributed by atoms with E-state index in [4.69, 9.17) is 0 Å². The molecule has 2 nitrogen and oxygen atoms in total. The molecule has 0 saturated heterocycles. The maximum atomic E-state index is 13.1. The molecule has 0 spiro atoms. The van der Waals surface area contributed by atoms with Crippen LogP contribution in [-0.4, -0.2) is 5.91 Å². The molecular formula is C11H16FNO. The Morgan fingerprint density at radius 3 is 2.43 bits per heavy atom. The highest BCUT2D eigenvalue weighted by Gasteiger charge is 2.04. The zero-order valence-electron chi connectivity index (χ0n) is 9.02. The summed E-state index contributed by atoms with van der Waals surface area (Å²) in [5, 5.41) is 2.40. The summed E-state index contributed by atoms with van der Waals surface area (Å²) in [7, 11) is 0. The molecule has 1 rings (SSSR count). The molecule has 1 amide bonds. The first-order valence-corrected chi connectivity index (χ1v) is 4.64. The third kappa shape index (κ3) is 3.56. The highest BCUT2D eigenvalue weighted by Crippen LogP contribution is 2.16. The first-order chi connectivity index (χ1) is 6.61. The van der Waals surface area contributed by atoms with Crippen LogP contribution in [0.15, 0.2) is 18.2 Å². The number of halogens is 1. The maximum Gasteiger partial charge on any atom is 0.221 e. The molecule has 0 radical (unpaired) electrons. The number of nitrogens with one attached hydrogen (secondary N) is 1. The van der Waals surface area contributed by atoms with Crippen molar-refractivity contribution in [2.24, 2.45) is 0 Å². The first-order valence-electron chi connectivity index (χ1n) is 4.64. The first kappa shape index (κ1) is 12.6. The molecule has 1 N–H and O–H groups in total. The van der Waals surface area contributed by atoms with Gasteiger partial charge in [-0.25, -0.2) is 4.39 Å². The Bertz CT molecular complexity index is 310. The van der Waals surface area contributed by atoms with Gasteiger partial charge in [0.05, 0.1) is 5.69 Å². The minimum atomic E-state index is -0.368. The van der Waals surface area contributed by atoms with Crippen molar-refractivity contribution in [3.05, 3.63) is 29.6 Å². The SMILES string of the molecule is CC.CC(=O)Nc1cccc(C)c1F. The Kier molecular flexibility index (Phi) is 5.53. The van der Waals surface area contributed by atoms with Gasteiger partial charge in [0.2, 0.25) is 5.91 Å². The summed E-state index contributed by atoms with van der Waals surface area (Å²) < 4.78 is 13.1. The fourth-order valence-corrected chi connectivity index (χ4v) is 0.934. The van der Waals surface area contributed by atoms with Crippen LogP contribution < -0.4 is 5.32 Å². The van der Waals surface area contributed by atoms with Crippen molar-refractivity contribution in [1.82, 2.24) is 0 Å². The topological polar surface area (TPSA) is 29.1 Å². The average molecular weight is 197 g/mol. The number of amides is 1. The van der Waals surface area contributed by atoms with Crippen LogP contribution in [0.5, 0.6) is 0 Å². The number of carbonyl (C=O) groups excluding carboxylic acids is 1. The van der Waals surface area contributed by atoms with Gasteiger partial charge < -0.3 is 5.32 Å². The lowest BCUT2D eigenvalue weighted by molar-refractivity contribution is -0.114. The highest BCUT2D eigenvalue weighted by molar-refractivity contribution is 5.88. The molecule has 0 saturated carbocycles. The summed E-state index contributed by atoms with van der Waals surface area (Å²) in [5.74, 6) is -0.632. The summed E-state index contributed by atoms with van der Waals surface area (Å²) >= 11 is 0. The molecule has 0 aliphatic heterocycles. The second-order valence-electron chi connectivity index (χ2n) is 2.62. The number of anilines is 1. The zero-order valence-corrected chi connectivity index (χ0v) is 9.02. The molecule has 0 heterocycles. The standard InChI is InChI=1S/C9H10FNO.C2H6/c1-6-4-3-5-8(9(6)10)11-7(2)12;1-2/h3-5H,1-2H3,(H,11,12);1-2H3. The Hall–Kier alpha value is -1.38. The molecule has 0 aromatic heterocycles. The second-order valence-corrected chi connectivity index (χ2v) is 2.62. The van der Waals surface area contributed by atoms with Crippen LogP contribution in [0.4, 0.5) is 10.1 Å². The lowest BCUT2D eigenvalue weighted by atomic mass is 10.2. The quantitative estimate of drug-likeness (QED) is 0.736. The smallest absolute Gasteiger partial charge is 0.221 e. The summed E-state index contributed by atoms with van der Waals surface area (Å²) in [6.45, 7) is 7.00. The maximum absolute atomic E-state index is 13.1. The number of carbonyl (C=O) groups is 1. The van der Waals surface area contributed by atoms with Crippen LogP contribution in [0, 0.1) is 12.7 Å². The van der Waals surface area contributed by atoms with Crippen LogP contribution >= 0.6 is 0 Å². The lowest BCUT2D eigenvalue weighted by Crippen LogP contribution is -2.07. The van der Waals surface area contributed by atoms with Gasteiger partial charge >= 0.3 is 0 Å². The molecule has 0 unspecified atom stereocenters. The molecule has 78 valence electrons. The van der Waals surface area contributed by atoms with Gasteiger partial charge in [0.25, 0.3) is 0 Å². The summed E-state index contributed by atoms with van der Waals surface area (Å²) in [6, 6.07) is 4.88. The normalized spacial score (nSPS) is 8.64. The number of hydrogen-bond acceptors (Lipinski definition) is 1. The van der Waals surface area contributed by atoms with Crippen molar-refractivity contribution in [2.75, 3.05) is 5.32 Å². The van der Waals surface area contributed by atoms with Gasteiger partial charge in [-0.1, -0.05) is 26.0 Å². The predicted molar refractivity (Wildman–Crippen MR) is 56.8 cm³/mol. The molecule has 0 aliphatic carbocycles. The molecule has 3 heteroatoms. The van der Waals surface area contributed by atoms with E-state index in [1.165, 1.54) is 13.0 Å². The third-order valence-corrected chi connectivity index (χ3v) is 1.50. The van der Waals surface area contributed by atoms with E-state index < -0.39 is 0 Å². The Morgan fingerprint density at radius 2 is 1.93 bits per heavy atom. The van der Waals surface area contributed by atoms with Crippen LogP contribution in [0.2, 0.25) is 0 Å². The third-order valence-electron chi connectivity index (χ3n) is 1.50. The molecule has 1 aromatic rings. The average Bonchev–Trinajstić information content (AvgIpc) is 2.16. The number of aryl methyl sites for hydroxylation is 1. The predicted octanol–water partition coefficient (Wildman–Crippen LogP) is 3.12. The largest absolute Gasteiger partial charge is 0.324 e. The molecule has 14 heavy (non-hydrogen) atoms. The van der Waals surface area contributed by atoms with Gasteiger partial charge in [-0.15, -0.1) is 0 Å². The van der Waals surface area contributed by atoms with E-state index in [1.54, 1.807) is 19.1 Å². The number of hydrogen-bond donors (Lipinski definition) is 1. The van der Waals surface area contributed by atoms with E-state index in [9.17, 15) is 9.18 Å². The minimum absolute atomic E-state index is 0.238. The van der Waals surface area contributed by atoms with Gasteiger partial charge in [0.15, 0.2) is 0 Å². The Balaban J connectivity index is 0.000000791. The molecule has 0 bridgehead atoms. The molecule has 1 aromatic carbocycles. The number of rotatable bonds is 1. The van der Waals surface area contributed by atoms with Gasteiger partial charge in [-0.3, -0.25) is 4.79 Å². The summed E-state index contributed by atoms with van der Waals surface area (Å²) in [5.41, 5.74) is 0.767. The van der Waals surface area contributed by atoms with E-state index in [-0.39, 0.29) is 17.4 Å². The van der Waals surface area contributed by atoms with Gasteiger partial charge in [0, 0.05) is 6.92 Å². The molecule has 0 atom stereocenters. The molecular weight excluding hydrogens is 181 g/mol.